The van der Waals surface area contributed by atoms with E-state index in [4.69, 9.17) is 4.98 Å². The molecule has 2 saturated heterocycles. The van der Waals surface area contributed by atoms with Crippen molar-refractivity contribution in [1.29, 1.82) is 0 Å². The molecule has 1 aliphatic carbocycles. The van der Waals surface area contributed by atoms with Crippen LogP contribution in [-0.2, 0) is 10.3 Å². The lowest BCUT2D eigenvalue weighted by atomic mass is 9.69. The van der Waals surface area contributed by atoms with Crippen LogP contribution in [-0.4, -0.2) is 84.1 Å². The Morgan fingerprint density at radius 3 is 2.28 bits per heavy atom. The van der Waals surface area contributed by atoms with Gasteiger partial charge in [-0.2, -0.15) is 0 Å². The zero-order valence-electron chi connectivity index (χ0n) is 21.8. The van der Waals surface area contributed by atoms with Crippen molar-refractivity contribution < 1.29 is 9.59 Å². The van der Waals surface area contributed by atoms with Gasteiger partial charge in [0, 0.05) is 38.6 Å². The Bertz CT molecular complexity index is 1120. The molecule has 1 saturated carbocycles. The SMILES string of the molecule is CC(=O)N1CCN(c2ncc(N3CC4(CCC(c5ccccc5)(N(C)C)CC4)NC3=O)c(C)n2)CC1. The number of hydrogen-bond donors (Lipinski definition) is 1. The van der Waals surface area contributed by atoms with Crippen LogP contribution >= 0.6 is 0 Å². The molecule has 0 atom stereocenters. The van der Waals surface area contributed by atoms with Gasteiger partial charge in [-0.05, 0) is 52.3 Å². The summed E-state index contributed by atoms with van der Waals surface area (Å²) in [5.41, 5.74) is 2.65. The molecular weight excluding hydrogens is 454 g/mol. The van der Waals surface area contributed by atoms with E-state index in [0.717, 1.165) is 37.1 Å². The summed E-state index contributed by atoms with van der Waals surface area (Å²) in [6.45, 7) is 6.94. The standard InChI is InChI=1S/C27H37N7O2/c1-20-23(18-28-24(29-20)33-16-14-32(15-17-33)21(2)35)34-19-26(30-25(34)36)10-12-27(13-11-26,31(3)4)22-8-6-5-7-9-22/h5-9,18H,10-17,19H2,1-4H3,(H,30,36). The van der Waals surface area contributed by atoms with E-state index >= 15 is 0 Å². The maximum Gasteiger partial charge on any atom is 0.322 e. The van der Waals surface area contributed by atoms with Crippen LogP contribution in [0.2, 0.25) is 0 Å². The number of amides is 3. The zero-order valence-corrected chi connectivity index (χ0v) is 21.8. The van der Waals surface area contributed by atoms with E-state index in [2.05, 4.69) is 64.5 Å². The topological polar surface area (TPSA) is 84.9 Å². The fourth-order valence-electron chi connectivity index (χ4n) is 6.16. The number of hydrogen-bond acceptors (Lipinski definition) is 6. The van der Waals surface area contributed by atoms with Crippen LogP contribution in [0, 0.1) is 6.92 Å². The molecular formula is C27H37N7O2. The Kier molecular flexibility index (Phi) is 6.36. The minimum atomic E-state index is -0.237. The van der Waals surface area contributed by atoms with Crippen molar-refractivity contribution in [2.24, 2.45) is 0 Å². The van der Waals surface area contributed by atoms with Crippen molar-refractivity contribution in [3.63, 3.8) is 0 Å². The fourth-order valence-corrected chi connectivity index (χ4v) is 6.16. The highest BCUT2D eigenvalue weighted by atomic mass is 16.2. The Labute approximate surface area is 213 Å². The second-order valence-electron chi connectivity index (χ2n) is 10.7. The molecule has 2 aliphatic heterocycles. The van der Waals surface area contributed by atoms with Crippen LogP contribution in [0.5, 0.6) is 0 Å². The Morgan fingerprint density at radius 1 is 1.03 bits per heavy atom. The lowest BCUT2D eigenvalue weighted by molar-refractivity contribution is -0.129. The van der Waals surface area contributed by atoms with E-state index in [0.29, 0.717) is 38.7 Å². The van der Waals surface area contributed by atoms with Crippen molar-refractivity contribution in [3.8, 4) is 0 Å². The minimum Gasteiger partial charge on any atom is -0.339 e. The van der Waals surface area contributed by atoms with E-state index in [1.165, 1.54) is 5.56 Å². The summed E-state index contributed by atoms with van der Waals surface area (Å²) >= 11 is 0. The summed E-state index contributed by atoms with van der Waals surface area (Å²) < 4.78 is 0. The van der Waals surface area contributed by atoms with Crippen molar-refractivity contribution in [3.05, 3.63) is 47.8 Å². The van der Waals surface area contributed by atoms with Gasteiger partial charge >= 0.3 is 6.03 Å². The number of nitrogens with one attached hydrogen (secondary N) is 1. The predicted molar refractivity (Wildman–Crippen MR) is 140 cm³/mol. The molecule has 1 aromatic heterocycles. The molecule has 2 aromatic rings. The number of carbonyl (C=O) groups is 2. The molecule has 1 aromatic carbocycles. The highest BCUT2D eigenvalue weighted by molar-refractivity contribution is 5.95. The van der Waals surface area contributed by atoms with Crippen molar-refractivity contribution >= 4 is 23.6 Å². The van der Waals surface area contributed by atoms with Gasteiger partial charge in [0.05, 0.1) is 29.7 Å². The highest BCUT2D eigenvalue weighted by Crippen LogP contribution is 2.46. The highest BCUT2D eigenvalue weighted by Gasteiger charge is 2.50. The van der Waals surface area contributed by atoms with Crippen LogP contribution in [0.4, 0.5) is 16.4 Å². The maximum atomic E-state index is 13.2. The minimum absolute atomic E-state index is 0.0161. The number of carbonyl (C=O) groups excluding carboxylic acids is 2. The first-order chi connectivity index (χ1) is 17.2. The van der Waals surface area contributed by atoms with Crippen LogP contribution in [0.3, 0.4) is 0 Å². The van der Waals surface area contributed by atoms with Gasteiger partial charge in [0.25, 0.3) is 0 Å². The molecule has 0 bridgehead atoms. The molecule has 3 fully saturated rings. The molecule has 36 heavy (non-hydrogen) atoms. The average molecular weight is 492 g/mol. The van der Waals surface area contributed by atoms with E-state index in [1.807, 2.05) is 16.7 Å². The van der Waals surface area contributed by atoms with Crippen molar-refractivity contribution in [1.82, 2.24) is 25.1 Å². The number of aryl methyl sites for hydroxylation is 1. The van der Waals surface area contributed by atoms with Gasteiger partial charge in [0.1, 0.15) is 0 Å². The summed E-state index contributed by atoms with van der Waals surface area (Å²) in [6.07, 6.45) is 5.59. The third-order valence-electron chi connectivity index (χ3n) is 8.52. The summed E-state index contributed by atoms with van der Waals surface area (Å²) in [5.74, 6) is 0.760. The van der Waals surface area contributed by atoms with E-state index < -0.39 is 0 Å². The fraction of sp³-hybridized carbons (Fsp3) is 0.556. The molecule has 1 spiro atoms. The predicted octanol–water partition coefficient (Wildman–Crippen LogP) is 2.75. The smallest absolute Gasteiger partial charge is 0.322 e. The van der Waals surface area contributed by atoms with Gasteiger partial charge in [0.15, 0.2) is 0 Å². The van der Waals surface area contributed by atoms with Gasteiger partial charge in [-0.25, -0.2) is 14.8 Å². The zero-order chi connectivity index (χ0) is 25.5. The van der Waals surface area contributed by atoms with Gasteiger partial charge in [-0.15, -0.1) is 0 Å². The van der Waals surface area contributed by atoms with E-state index in [9.17, 15) is 9.59 Å². The molecule has 0 radical (unpaired) electrons. The average Bonchev–Trinajstić information content (AvgIpc) is 3.20. The number of aromatic nitrogens is 2. The molecule has 9 heteroatoms. The number of piperazine rings is 1. The van der Waals surface area contributed by atoms with E-state index in [1.54, 1.807) is 13.1 Å². The third-order valence-corrected chi connectivity index (χ3v) is 8.52. The molecule has 3 heterocycles. The van der Waals surface area contributed by atoms with Crippen LogP contribution < -0.4 is 15.1 Å². The molecule has 9 nitrogen and oxygen atoms in total. The summed E-state index contributed by atoms with van der Waals surface area (Å²) in [4.78, 5) is 42.2. The first-order valence-electron chi connectivity index (χ1n) is 12.9. The molecule has 3 aliphatic rings. The molecule has 1 N–H and O–H groups in total. The number of rotatable bonds is 4. The quantitative estimate of drug-likeness (QED) is 0.708. The van der Waals surface area contributed by atoms with Gasteiger partial charge in [-0.3, -0.25) is 14.6 Å². The Balaban J connectivity index is 1.29. The summed E-state index contributed by atoms with van der Waals surface area (Å²) in [5, 5.41) is 3.33. The van der Waals surface area contributed by atoms with E-state index in [-0.39, 0.29) is 23.0 Å². The Morgan fingerprint density at radius 2 is 1.69 bits per heavy atom. The first kappa shape index (κ1) is 24.5. The molecule has 192 valence electrons. The number of benzene rings is 1. The van der Waals surface area contributed by atoms with Crippen LogP contribution in [0.15, 0.2) is 36.5 Å². The normalized spacial score (nSPS) is 26.6. The molecule has 3 amide bonds. The van der Waals surface area contributed by atoms with Crippen molar-refractivity contribution in [2.75, 3.05) is 56.6 Å². The summed E-state index contributed by atoms with van der Waals surface area (Å²) in [7, 11) is 4.32. The maximum absolute atomic E-state index is 13.2. The van der Waals surface area contributed by atoms with Crippen LogP contribution in [0.25, 0.3) is 0 Å². The second kappa shape index (κ2) is 9.35. The lowest BCUT2D eigenvalue weighted by Crippen LogP contribution is -2.54. The molecule has 5 rings (SSSR count). The van der Waals surface area contributed by atoms with Gasteiger partial charge < -0.3 is 15.1 Å². The number of nitrogens with zero attached hydrogens (tertiary/aromatic N) is 6. The Hall–Kier alpha value is -3.20. The van der Waals surface area contributed by atoms with Gasteiger partial charge in [-0.1, -0.05) is 30.3 Å². The second-order valence-corrected chi connectivity index (χ2v) is 10.7. The third kappa shape index (κ3) is 4.30. The first-order valence-corrected chi connectivity index (χ1v) is 12.9. The number of anilines is 2. The van der Waals surface area contributed by atoms with Crippen LogP contribution in [0.1, 0.15) is 43.9 Å². The summed E-state index contributed by atoms with van der Waals surface area (Å²) in [6, 6.07) is 10.7. The number of urea groups is 1. The lowest BCUT2D eigenvalue weighted by Gasteiger charge is -2.48. The molecule has 0 unspecified atom stereocenters. The largest absolute Gasteiger partial charge is 0.339 e. The van der Waals surface area contributed by atoms with Gasteiger partial charge in [0.2, 0.25) is 11.9 Å². The monoisotopic (exact) mass is 491 g/mol. The van der Waals surface area contributed by atoms with Crippen molar-refractivity contribution in [2.45, 2.75) is 50.6 Å².